The number of urea groups is 1. The smallest absolute Gasteiger partial charge is 0.325 e. The molecule has 4 amide bonds. The van der Waals surface area contributed by atoms with E-state index in [1.807, 2.05) is 18.2 Å². The first-order valence-electron chi connectivity index (χ1n) is 8.60. The summed E-state index contributed by atoms with van der Waals surface area (Å²) in [4.78, 5) is 40.0. The molecule has 4 rings (SSSR count). The van der Waals surface area contributed by atoms with Crippen LogP contribution in [0.15, 0.2) is 47.1 Å². The largest absolute Gasteiger partial charge is 0.467 e. The van der Waals surface area contributed by atoms with Crippen LogP contribution in [-0.4, -0.2) is 40.2 Å². The van der Waals surface area contributed by atoms with Crippen LogP contribution in [0.5, 0.6) is 0 Å². The van der Waals surface area contributed by atoms with Crippen molar-refractivity contribution in [2.75, 3.05) is 6.54 Å². The summed E-state index contributed by atoms with van der Waals surface area (Å²) in [6.45, 7) is 1.24. The van der Waals surface area contributed by atoms with E-state index in [0.29, 0.717) is 18.8 Å². The Morgan fingerprint density at radius 2 is 1.96 bits per heavy atom. The third-order valence-corrected chi connectivity index (χ3v) is 4.86. The van der Waals surface area contributed by atoms with E-state index in [2.05, 4.69) is 11.4 Å². The van der Waals surface area contributed by atoms with Gasteiger partial charge >= 0.3 is 6.03 Å². The Bertz CT molecular complexity index is 846. The highest BCUT2D eigenvalue weighted by atomic mass is 16.3. The molecule has 1 fully saturated rings. The Balaban J connectivity index is 1.39. The van der Waals surface area contributed by atoms with Crippen LogP contribution in [-0.2, 0) is 29.1 Å². The first-order valence-corrected chi connectivity index (χ1v) is 8.60. The van der Waals surface area contributed by atoms with Crippen LogP contribution in [0.3, 0.4) is 0 Å². The zero-order valence-electron chi connectivity index (χ0n) is 14.2. The summed E-state index contributed by atoms with van der Waals surface area (Å²) in [6.07, 6.45) is 2.27. The van der Waals surface area contributed by atoms with Crippen LogP contribution < -0.4 is 5.32 Å². The summed E-state index contributed by atoms with van der Waals surface area (Å²) in [5.74, 6) is 0.00303. The van der Waals surface area contributed by atoms with Gasteiger partial charge in [0.25, 0.3) is 5.91 Å². The second-order valence-electron chi connectivity index (χ2n) is 6.54. The van der Waals surface area contributed by atoms with Crippen molar-refractivity contribution in [2.45, 2.75) is 32.0 Å². The Morgan fingerprint density at radius 1 is 1.15 bits per heavy atom. The quantitative estimate of drug-likeness (QED) is 0.848. The second-order valence-corrected chi connectivity index (χ2v) is 6.54. The normalized spacial score (nSPS) is 19.5. The Morgan fingerprint density at radius 3 is 2.73 bits per heavy atom. The van der Waals surface area contributed by atoms with Crippen LogP contribution in [0.1, 0.15) is 23.3 Å². The summed E-state index contributed by atoms with van der Waals surface area (Å²) >= 11 is 0. The van der Waals surface area contributed by atoms with Crippen molar-refractivity contribution < 1.29 is 18.8 Å². The molecule has 2 aliphatic rings. The van der Waals surface area contributed by atoms with Crippen molar-refractivity contribution in [2.24, 2.45) is 0 Å². The van der Waals surface area contributed by atoms with Crippen LogP contribution in [0.2, 0.25) is 0 Å². The van der Waals surface area contributed by atoms with Crippen LogP contribution in [0, 0.1) is 0 Å². The Labute approximate surface area is 150 Å². The van der Waals surface area contributed by atoms with Crippen molar-refractivity contribution in [3.63, 3.8) is 0 Å². The number of rotatable bonds is 4. The van der Waals surface area contributed by atoms with Gasteiger partial charge in [-0.2, -0.15) is 0 Å². The third kappa shape index (κ3) is 3.08. The van der Waals surface area contributed by atoms with Gasteiger partial charge in [-0.25, -0.2) is 4.79 Å². The summed E-state index contributed by atoms with van der Waals surface area (Å²) < 4.78 is 5.19. The van der Waals surface area contributed by atoms with Crippen LogP contribution in [0.4, 0.5) is 4.79 Å². The predicted molar refractivity (Wildman–Crippen MR) is 91.8 cm³/mol. The molecule has 134 valence electrons. The Hall–Kier alpha value is -3.09. The molecule has 0 aliphatic carbocycles. The fourth-order valence-electron chi connectivity index (χ4n) is 3.44. The molecular formula is C19H19N3O4. The molecule has 7 heteroatoms. The van der Waals surface area contributed by atoms with E-state index in [1.165, 1.54) is 11.8 Å². The van der Waals surface area contributed by atoms with E-state index >= 15 is 0 Å². The number of hydrogen-bond acceptors (Lipinski definition) is 4. The maximum atomic E-state index is 12.6. The topological polar surface area (TPSA) is 82.9 Å². The molecule has 0 radical (unpaired) electrons. The molecule has 1 aromatic carbocycles. The number of amides is 4. The lowest BCUT2D eigenvalue weighted by atomic mass is 9.99. The van der Waals surface area contributed by atoms with Crippen molar-refractivity contribution in [1.82, 2.24) is 15.1 Å². The number of carbonyl (C=O) groups excluding carboxylic acids is 3. The van der Waals surface area contributed by atoms with Gasteiger partial charge in [0.05, 0.1) is 19.2 Å². The van der Waals surface area contributed by atoms with E-state index in [-0.39, 0.29) is 18.9 Å². The maximum absolute atomic E-state index is 12.6. The molecule has 1 N–H and O–H groups in total. The number of imide groups is 1. The molecule has 0 saturated carbocycles. The van der Waals surface area contributed by atoms with Crippen molar-refractivity contribution >= 4 is 17.8 Å². The molecule has 0 spiro atoms. The van der Waals surface area contributed by atoms with Gasteiger partial charge in [0.1, 0.15) is 11.8 Å². The molecule has 1 saturated heterocycles. The molecule has 1 aromatic heterocycles. The predicted octanol–water partition coefficient (Wildman–Crippen LogP) is 1.67. The number of nitrogens with one attached hydrogen (secondary N) is 1. The van der Waals surface area contributed by atoms with Gasteiger partial charge in [0, 0.05) is 13.1 Å². The molecule has 7 nitrogen and oxygen atoms in total. The average molecular weight is 353 g/mol. The average Bonchev–Trinajstić information content (AvgIpc) is 3.25. The molecule has 26 heavy (non-hydrogen) atoms. The monoisotopic (exact) mass is 353 g/mol. The molecule has 2 aliphatic heterocycles. The summed E-state index contributed by atoms with van der Waals surface area (Å²) in [6, 6.07) is 10.1. The molecule has 1 atom stereocenters. The minimum atomic E-state index is -0.817. The van der Waals surface area contributed by atoms with Crippen LogP contribution >= 0.6 is 0 Å². The number of benzene rings is 1. The summed E-state index contributed by atoms with van der Waals surface area (Å²) in [5, 5.41) is 2.60. The van der Waals surface area contributed by atoms with Crippen molar-refractivity contribution in [1.29, 1.82) is 0 Å². The van der Waals surface area contributed by atoms with Gasteiger partial charge < -0.3 is 14.6 Å². The molecule has 3 heterocycles. The van der Waals surface area contributed by atoms with E-state index in [4.69, 9.17) is 4.42 Å². The first kappa shape index (κ1) is 16.4. The third-order valence-electron chi connectivity index (χ3n) is 4.86. The van der Waals surface area contributed by atoms with Gasteiger partial charge in [0.2, 0.25) is 5.91 Å². The fourth-order valence-corrected chi connectivity index (χ4v) is 3.44. The summed E-state index contributed by atoms with van der Waals surface area (Å²) in [7, 11) is 0. The lowest BCUT2D eigenvalue weighted by Crippen LogP contribution is -2.41. The number of nitrogens with zero attached hydrogens (tertiary/aromatic N) is 2. The minimum Gasteiger partial charge on any atom is -0.467 e. The minimum absolute atomic E-state index is 0.0264. The van der Waals surface area contributed by atoms with Gasteiger partial charge in [0.15, 0.2) is 0 Å². The van der Waals surface area contributed by atoms with E-state index in [1.54, 1.807) is 17.0 Å². The number of hydrogen-bond donors (Lipinski definition) is 1. The molecule has 2 aromatic rings. The summed E-state index contributed by atoms with van der Waals surface area (Å²) in [5.41, 5.74) is 2.39. The molecule has 0 bridgehead atoms. The number of fused-ring (bicyclic) bond motifs is 1. The maximum Gasteiger partial charge on any atom is 0.325 e. The molecule has 0 unspecified atom stereocenters. The lowest BCUT2D eigenvalue weighted by Gasteiger charge is -2.29. The standard InChI is InChI=1S/C19H19N3O4/c23-17(21-8-7-13-4-1-2-5-14(13)11-21)10-16-18(24)22(19(25)20-16)12-15-6-3-9-26-15/h1-6,9,16H,7-8,10-12H2,(H,20,25)/t16-/m0/s1. The van der Waals surface area contributed by atoms with Crippen molar-refractivity contribution in [3.05, 3.63) is 59.5 Å². The first-order chi connectivity index (χ1) is 12.6. The zero-order valence-corrected chi connectivity index (χ0v) is 14.2. The zero-order chi connectivity index (χ0) is 18.1. The highest BCUT2D eigenvalue weighted by molar-refractivity contribution is 6.05. The lowest BCUT2D eigenvalue weighted by molar-refractivity contribution is -0.136. The van der Waals surface area contributed by atoms with E-state index < -0.39 is 18.0 Å². The Kier molecular flexibility index (Phi) is 4.20. The van der Waals surface area contributed by atoms with E-state index in [0.717, 1.165) is 16.9 Å². The van der Waals surface area contributed by atoms with Crippen molar-refractivity contribution in [3.8, 4) is 0 Å². The highest BCUT2D eigenvalue weighted by Gasteiger charge is 2.40. The second kappa shape index (κ2) is 6.67. The number of furan rings is 1. The molecular weight excluding hydrogens is 334 g/mol. The number of carbonyl (C=O) groups is 3. The fraction of sp³-hybridized carbons (Fsp3) is 0.316. The van der Waals surface area contributed by atoms with Gasteiger partial charge in [-0.1, -0.05) is 24.3 Å². The van der Waals surface area contributed by atoms with E-state index in [9.17, 15) is 14.4 Å². The van der Waals surface area contributed by atoms with Gasteiger partial charge in [-0.15, -0.1) is 0 Å². The van der Waals surface area contributed by atoms with Gasteiger partial charge in [-0.05, 0) is 29.7 Å². The SMILES string of the molecule is O=C(C[C@@H]1NC(=O)N(Cc2ccco2)C1=O)N1CCc2ccccc2C1. The highest BCUT2D eigenvalue weighted by Crippen LogP contribution is 2.21. The van der Waals surface area contributed by atoms with Crippen LogP contribution in [0.25, 0.3) is 0 Å². The van der Waals surface area contributed by atoms with Gasteiger partial charge in [-0.3, -0.25) is 14.5 Å².